The third kappa shape index (κ3) is 10.3. The number of aromatic hydroxyl groups is 1. The van der Waals surface area contributed by atoms with E-state index in [-0.39, 0.29) is 30.0 Å². The van der Waals surface area contributed by atoms with E-state index in [1.807, 2.05) is 45.0 Å². The summed E-state index contributed by atoms with van der Waals surface area (Å²) in [6.45, 7) is 13.5. The fourth-order valence-electron chi connectivity index (χ4n) is 4.37. The zero-order chi connectivity index (χ0) is 29.2. The van der Waals surface area contributed by atoms with Gasteiger partial charge in [-0.25, -0.2) is 4.79 Å². The first-order valence-corrected chi connectivity index (χ1v) is 13.8. The van der Waals surface area contributed by atoms with Crippen LogP contribution in [-0.2, 0) is 20.7 Å². The number of phenols is 1. The van der Waals surface area contributed by atoms with Crippen molar-refractivity contribution < 1.29 is 24.2 Å². The largest absolute Gasteiger partial charge is 0.508 e. The molecule has 8 heteroatoms. The van der Waals surface area contributed by atoms with Crippen LogP contribution in [0.25, 0.3) is 0 Å². The van der Waals surface area contributed by atoms with Crippen LogP contribution in [0.5, 0.6) is 5.75 Å². The molecule has 0 aliphatic carbocycles. The van der Waals surface area contributed by atoms with E-state index in [4.69, 9.17) is 4.74 Å². The molecule has 2 aromatic carbocycles. The predicted octanol–water partition coefficient (Wildman–Crippen LogP) is 5.42. The summed E-state index contributed by atoms with van der Waals surface area (Å²) in [5, 5.41) is 15.5. The Kier molecular flexibility index (Phi) is 11.8. The van der Waals surface area contributed by atoms with Gasteiger partial charge in [0.2, 0.25) is 11.8 Å². The van der Waals surface area contributed by atoms with Crippen LogP contribution in [0.1, 0.15) is 83.5 Å². The quantitative estimate of drug-likeness (QED) is 0.334. The van der Waals surface area contributed by atoms with Crippen LogP contribution in [0.4, 0.5) is 4.79 Å². The first-order valence-electron chi connectivity index (χ1n) is 13.8. The van der Waals surface area contributed by atoms with Gasteiger partial charge in [-0.1, -0.05) is 62.2 Å². The lowest BCUT2D eigenvalue weighted by atomic mass is 9.99. The molecule has 2 aromatic rings. The highest BCUT2D eigenvalue weighted by molar-refractivity contribution is 5.92. The van der Waals surface area contributed by atoms with Gasteiger partial charge in [0.1, 0.15) is 23.4 Å². The highest BCUT2D eigenvalue weighted by Crippen LogP contribution is 2.25. The van der Waals surface area contributed by atoms with Crippen molar-refractivity contribution in [3.63, 3.8) is 0 Å². The van der Waals surface area contributed by atoms with Gasteiger partial charge in [0.25, 0.3) is 0 Å². The molecule has 3 N–H and O–H groups in total. The van der Waals surface area contributed by atoms with E-state index in [1.54, 1.807) is 37.8 Å². The van der Waals surface area contributed by atoms with E-state index < -0.39 is 23.8 Å². The molecule has 0 aliphatic rings. The zero-order valence-corrected chi connectivity index (χ0v) is 24.4. The molecule has 0 aliphatic heterocycles. The van der Waals surface area contributed by atoms with Gasteiger partial charge in [-0.2, -0.15) is 0 Å². The summed E-state index contributed by atoms with van der Waals surface area (Å²) in [6, 6.07) is 12.1. The Hall–Kier alpha value is -3.55. The molecule has 0 fully saturated rings. The Morgan fingerprint density at radius 1 is 0.949 bits per heavy atom. The topological polar surface area (TPSA) is 108 Å². The number of phenolic OH excluding ortho intramolecular Hbond substituents is 1. The number of hydrogen-bond acceptors (Lipinski definition) is 5. The SMILES string of the molecule is CCCC(C)NC(=O)C(c1ccc(C)cc1)N(CCC)C(=O)C(Cc1ccc(O)cc1)NC(=O)OC(C)(C)C. The fourth-order valence-corrected chi connectivity index (χ4v) is 4.37. The maximum Gasteiger partial charge on any atom is 0.408 e. The van der Waals surface area contributed by atoms with Gasteiger partial charge < -0.3 is 25.4 Å². The lowest BCUT2D eigenvalue weighted by Crippen LogP contribution is -2.54. The molecule has 3 unspecified atom stereocenters. The average Bonchev–Trinajstić information content (AvgIpc) is 2.84. The van der Waals surface area contributed by atoms with Crippen molar-refractivity contribution in [3.05, 3.63) is 65.2 Å². The molecule has 0 aromatic heterocycles. The normalized spacial score (nSPS) is 13.6. The predicted molar refractivity (Wildman–Crippen MR) is 153 cm³/mol. The summed E-state index contributed by atoms with van der Waals surface area (Å²) >= 11 is 0. The van der Waals surface area contributed by atoms with Crippen LogP contribution in [-0.4, -0.2) is 52.1 Å². The molecule has 0 saturated heterocycles. The molecule has 3 amide bonds. The fraction of sp³-hybridized carbons (Fsp3) is 0.516. The molecule has 39 heavy (non-hydrogen) atoms. The highest BCUT2D eigenvalue weighted by atomic mass is 16.6. The average molecular weight is 540 g/mol. The number of aryl methyl sites for hydroxylation is 1. The molecule has 0 saturated carbocycles. The lowest BCUT2D eigenvalue weighted by Gasteiger charge is -2.35. The lowest BCUT2D eigenvalue weighted by molar-refractivity contribution is -0.142. The first-order chi connectivity index (χ1) is 18.3. The number of alkyl carbamates (subject to hydrolysis) is 1. The monoisotopic (exact) mass is 539 g/mol. The van der Waals surface area contributed by atoms with Crippen LogP contribution < -0.4 is 10.6 Å². The number of rotatable bonds is 12. The molecule has 8 nitrogen and oxygen atoms in total. The van der Waals surface area contributed by atoms with Crippen molar-refractivity contribution in [2.24, 2.45) is 0 Å². The molecular weight excluding hydrogens is 494 g/mol. The van der Waals surface area contributed by atoms with Crippen LogP contribution in [0.3, 0.4) is 0 Å². The highest BCUT2D eigenvalue weighted by Gasteiger charge is 2.36. The molecule has 3 atom stereocenters. The number of nitrogens with one attached hydrogen (secondary N) is 2. The molecule has 0 spiro atoms. The smallest absolute Gasteiger partial charge is 0.408 e. The Morgan fingerprint density at radius 2 is 1.56 bits per heavy atom. The van der Waals surface area contributed by atoms with E-state index in [0.717, 1.165) is 24.0 Å². The van der Waals surface area contributed by atoms with Gasteiger partial charge in [0, 0.05) is 19.0 Å². The summed E-state index contributed by atoms with van der Waals surface area (Å²) < 4.78 is 5.46. The van der Waals surface area contributed by atoms with Gasteiger partial charge >= 0.3 is 6.09 Å². The van der Waals surface area contributed by atoms with Crippen molar-refractivity contribution in [2.75, 3.05) is 6.54 Å². The summed E-state index contributed by atoms with van der Waals surface area (Å²) in [6.07, 6.45) is 1.79. The van der Waals surface area contributed by atoms with Gasteiger partial charge in [-0.3, -0.25) is 9.59 Å². The second kappa shape index (κ2) is 14.6. The maximum atomic E-state index is 14.2. The van der Waals surface area contributed by atoms with Crippen molar-refractivity contribution in [3.8, 4) is 5.75 Å². The van der Waals surface area contributed by atoms with Crippen LogP contribution in [0.15, 0.2) is 48.5 Å². The van der Waals surface area contributed by atoms with Crippen LogP contribution in [0.2, 0.25) is 0 Å². The summed E-state index contributed by atoms with van der Waals surface area (Å²) in [5.74, 6) is -0.548. The molecule has 0 radical (unpaired) electrons. The minimum Gasteiger partial charge on any atom is -0.508 e. The van der Waals surface area contributed by atoms with Gasteiger partial charge in [0.05, 0.1) is 0 Å². The van der Waals surface area contributed by atoms with E-state index in [2.05, 4.69) is 17.6 Å². The van der Waals surface area contributed by atoms with Crippen LogP contribution >= 0.6 is 0 Å². The zero-order valence-electron chi connectivity index (χ0n) is 24.4. The third-order valence-electron chi connectivity index (χ3n) is 6.18. The summed E-state index contributed by atoms with van der Waals surface area (Å²) in [5.41, 5.74) is 1.73. The van der Waals surface area contributed by atoms with Crippen molar-refractivity contribution in [2.45, 2.75) is 97.9 Å². The minimum absolute atomic E-state index is 0.0540. The van der Waals surface area contributed by atoms with E-state index in [0.29, 0.717) is 18.5 Å². The number of amides is 3. The molecule has 2 rings (SSSR count). The van der Waals surface area contributed by atoms with Crippen molar-refractivity contribution in [1.29, 1.82) is 0 Å². The second-order valence-corrected chi connectivity index (χ2v) is 11.1. The van der Waals surface area contributed by atoms with Gasteiger partial charge in [-0.05, 0) is 70.7 Å². The molecule has 214 valence electrons. The number of carbonyl (C=O) groups is 3. The number of carbonyl (C=O) groups excluding carboxylic acids is 3. The van der Waals surface area contributed by atoms with E-state index in [9.17, 15) is 19.5 Å². The number of nitrogens with zero attached hydrogens (tertiary/aromatic N) is 1. The summed E-state index contributed by atoms with van der Waals surface area (Å²) in [7, 11) is 0. The van der Waals surface area contributed by atoms with Gasteiger partial charge in [-0.15, -0.1) is 0 Å². The third-order valence-corrected chi connectivity index (χ3v) is 6.18. The Bertz CT molecular complexity index is 1080. The molecule has 0 bridgehead atoms. The number of hydrogen-bond donors (Lipinski definition) is 3. The maximum absolute atomic E-state index is 14.2. The van der Waals surface area contributed by atoms with E-state index in [1.165, 1.54) is 12.1 Å². The van der Waals surface area contributed by atoms with E-state index >= 15 is 0 Å². The Labute approximate surface area is 233 Å². The molecular formula is C31H45N3O5. The second-order valence-electron chi connectivity index (χ2n) is 11.1. The Balaban J connectivity index is 2.51. The molecule has 0 heterocycles. The minimum atomic E-state index is -0.996. The van der Waals surface area contributed by atoms with Crippen molar-refractivity contribution in [1.82, 2.24) is 15.5 Å². The van der Waals surface area contributed by atoms with Gasteiger partial charge in [0.15, 0.2) is 0 Å². The Morgan fingerprint density at radius 3 is 2.10 bits per heavy atom. The van der Waals surface area contributed by atoms with Crippen molar-refractivity contribution >= 4 is 17.9 Å². The number of benzene rings is 2. The van der Waals surface area contributed by atoms with Crippen LogP contribution in [0, 0.1) is 6.92 Å². The summed E-state index contributed by atoms with van der Waals surface area (Å²) in [4.78, 5) is 42.3. The first kappa shape index (κ1) is 31.7. The standard InChI is InChI=1S/C31H45N3O5/c1-8-10-22(4)32-28(36)27(24-15-11-21(3)12-16-24)34(19-9-2)29(37)26(33-30(38)39-31(5,6)7)20-23-13-17-25(35)18-14-23/h11-18,22,26-27,35H,8-10,19-20H2,1-7H3,(H,32,36)(H,33,38). The number of ether oxygens (including phenoxy) is 1.